The third-order valence-electron chi connectivity index (χ3n) is 2.92. The Labute approximate surface area is 90.7 Å². The van der Waals surface area contributed by atoms with Crippen molar-refractivity contribution in [2.45, 2.75) is 63.8 Å². The van der Waals surface area contributed by atoms with Gasteiger partial charge in [-0.3, -0.25) is 0 Å². The summed E-state index contributed by atoms with van der Waals surface area (Å²) < 4.78 is 0. The van der Waals surface area contributed by atoms with Gasteiger partial charge in [0.15, 0.2) is 0 Å². The van der Waals surface area contributed by atoms with Crippen LogP contribution >= 0.6 is 0 Å². The molecule has 0 unspecified atom stereocenters. The van der Waals surface area contributed by atoms with Crippen molar-refractivity contribution >= 4 is 0 Å². The molecule has 4 nitrogen and oxygen atoms in total. The predicted molar refractivity (Wildman–Crippen MR) is 53.5 cm³/mol. The highest BCUT2D eigenvalue weighted by atomic mass is 17.5. The Morgan fingerprint density at radius 3 is 1.87 bits per heavy atom. The number of hydrogen-bond donors (Lipinski definition) is 0. The van der Waals surface area contributed by atoms with E-state index in [0.29, 0.717) is 6.61 Å². The van der Waals surface area contributed by atoms with E-state index in [1.54, 1.807) is 0 Å². The van der Waals surface area contributed by atoms with Gasteiger partial charge in [-0.2, -0.15) is 14.7 Å². The molecule has 0 saturated carbocycles. The second-order valence-electron chi connectivity index (χ2n) is 4.33. The lowest BCUT2D eigenvalue weighted by atomic mass is 10.1. The van der Waals surface area contributed by atoms with Crippen LogP contribution in [0.4, 0.5) is 0 Å². The minimum Gasteiger partial charge on any atom is -0.231 e. The molecule has 2 saturated heterocycles. The highest BCUT2D eigenvalue weighted by Crippen LogP contribution is 2.36. The standard InChI is InChI=1S/C11H20O4/c1-2-4-6-8-10-12-13-11(14-15-11)9-7-5-3-1/h1-10H2. The number of hydrogen-bond acceptors (Lipinski definition) is 4. The highest BCUT2D eigenvalue weighted by molar-refractivity contribution is 4.60. The third-order valence-corrected chi connectivity index (χ3v) is 2.92. The zero-order valence-corrected chi connectivity index (χ0v) is 9.20. The second-order valence-corrected chi connectivity index (χ2v) is 4.33. The van der Waals surface area contributed by atoms with Crippen LogP contribution in [0.15, 0.2) is 0 Å². The predicted octanol–water partition coefficient (Wildman–Crippen LogP) is 3.07. The van der Waals surface area contributed by atoms with Gasteiger partial charge in [-0.05, 0) is 12.8 Å². The van der Waals surface area contributed by atoms with E-state index in [-0.39, 0.29) is 0 Å². The fourth-order valence-corrected chi connectivity index (χ4v) is 1.89. The lowest BCUT2D eigenvalue weighted by molar-refractivity contribution is -0.368. The van der Waals surface area contributed by atoms with Crippen molar-refractivity contribution in [3.8, 4) is 0 Å². The van der Waals surface area contributed by atoms with E-state index < -0.39 is 5.97 Å². The van der Waals surface area contributed by atoms with Gasteiger partial charge < -0.3 is 0 Å². The molecular formula is C11H20O4. The van der Waals surface area contributed by atoms with E-state index in [1.165, 1.54) is 38.5 Å². The van der Waals surface area contributed by atoms with Crippen molar-refractivity contribution in [2.75, 3.05) is 6.61 Å². The molecular weight excluding hydrogens is 196 g/mol. The van der Waals surface area contributed by atoms with Gasteiger partial charge in [0.1, 0.15) is 0 Å². The van der Waals surface area contributed by atoms with Crippen LogP contribution in [0, 0.1) is 0 Å². The monoisotopic (exact) mass is 216 g/mol. The Kier molecular flexibility index (Phi) is 4.38. The molecule has 4 heteroatoms. The SMILES string of the molecule is C1CCCCCC2(OOCCCC1)OO2. The summed E-state index contributed by atoms with van der Waals surface area (Å²) >= 11 is 0. The summed E-state index contributed by atoms with van der Waals surface area (Å²) in [6, 6.07) is 0. The van der Waals surface area contributed by atoms with Crippen molar-refractivity contribution in [1.82, 2.24) is 0 Å². The van der Waals surface area contributed by atoms with Gasteiger partial charge in [0.2, 0.25) is 0 Å². The topological polar surface area (TPSA) is 43.5 Å². The first-order valence-electron chi connectivity index (χ1n) is 6.09. The zero-order chi connectivity index (χ0) is 10.4. The largest absolute Gasteiger partial charge is 0.366 e. The van der Waals surface area contributed by atoms with Crippen molar-refractivity contribution in [1.29, 1.82) is 0 Å². The quantitative estimate of drug-likeness (QED) is 0.461. The van der Waals surface area contributed by atoms with E-state index in [0.717, 1.165) is 19.3 Å². The number of rotatable bonds is 0. The first-order chi connectivity index (χ1) is 7.41. The maximum absolute atomic E-state index is 5.11. The summed E-state index contributed by atoms with van der Waals surface area (Å²) in [5, 5.41) is 0. The zero-order valence-electron chi connectivity index (χ0n) is 9.20. The molecule has 2 aliphatic rings. The van der Waals surface area contributed by atoms with E-state index in [9.17, 15) is 0 Å². The smallest absolute Gasteiger partial charge is 0.231 e. The van der Waals surface area contributed by atoms with Crippen LogP contribution in [0.3, 0.4) is 0 Å². The second kappa shape index (κ2) is 5.80. The molecule has 0 radical (unpaired) electrons. The summed E-state index contributed by atoms with van der Waals surface area (Å²) in [6.45, 7) is 0.633. The van der Waals surface area contributed by atoms with Crippen LogP contribution in [0.25, 0.3) is 0 Å². The summed E-state index contributed by atoms with van der Waals surface area (Å²) in [7, 11) is 0. The lowest BCUT2D eigenvalue weighted by Crippen LogP contribution is -2.16. The molecule has 0 bridgehead atoms. The highest BCUT2D eigenvalue weighted by Gasteiger charge is 2.52. The molecule has 15 heavy (non-hydrogen) atoms. The van der Waals surface area contributed by atoms with Gasteiger partial charge in [-0.25, -0.2) is 4.89 Å². The van der Waals surface area contributed by atoms with Gasteiger partial charge >= 0.3 is 5.97 Å². The molecule has 1 spiro atoms. The molecule has 2 fully saturated rings. The molecule has 0 aromatic heterocycles. The molecule has 0 aromatic carbocycles. The summed E-state index contributed by atoms with van der Waals surface area (Å²) in [6.07, 6.45) is 10.6. The fraction of sp³-hybridized carbons (Fsp3) is 1.00. The minimum atomic E-state index is -0.853. The van der Waals surface area contributed by atoms with Crippen LogP contribution in [0.1, 0.15) is 57.8 Å². The van der Waals surface area contributed by atoms with Crippen molar-refractivity contribution in [3.05, 3.63) is 0 Å². The van der Waals surface area contributed by atoms with Crippen LogP contribution < -0.4 is 0 Å². The normalized spacial score (nSPS) is 28.8. The first-order valence-corrected chi connectivity index (χ1v) is 6.09. The molecule has 0 atom stereocenters. The van der Waals surface area contributed by atoms with E-state index in [4.69, 9.17) is 19.6 Å². The Hall–Kier alpha value is -0.160. The van der Waals surface area contributed by atoms with E-state index in [1.807, 2.05) is 0 Å². The van der Waals surface area contributed by atoms with Crippen LogP contribution in [0.2, 0.25) is 0 Å². The average molecular weight is 216 g/mol. The van der Waals surface area contributed by atoms with Gasteiger partial charge in [0, 0.05) is 6.42 Å². The molecule has 0 N–H and O–H groups in total. The molecule has 0 aromatic rings. The van der Waals surface area contributed by atoms with Gasteiger partial charge in [0.25, 0.3) is 0 Å². The summed E-state index contributed by atoms with van der Waals surface area (Å²) in [5.41, 5.74) is 0. The minimum absolute atomic E-state index is 0.633. The van der Waals surface area contributed by atoms with Crippen LogP contribution in [0.5, 0.6) is 0 Å². The van der Waals surface area contributed by atoms with Gasteiger partial charge in [-0.15, -0.1) is 0 Å². The molecule has 0 amide bonds. The molecule has 88 valence electrons. The molecule has 2 rings (SSSR count). The van der Waals surface area contributed by atoms with Gasteiger partial charge in [0.05, 0.1) is 6.61 Å². The summed E-state index contributed by atoms with van der Waals surface area (Å²) in [5.74, 6) is -0.853. The molecule has 0 aliphatic carbocycles. The molecule has 2 aliphatic heterocycles. The van der Waals surface area contributed by atoms with Gasteiger partial charge in [-0.1, -0.05) is 38.5 Å². The van der Waals surface area contributed by atoms with Crippen LogP contribution in [-0.4, -0.2) is 12.6 Å². The van der Waals surface area contributed by atoms with E-state index >= 15 is 0 Å². The Balaban J connectivity index is 1.69. The fourth-order valence-electron chi connectivity index (χ4n) is 1.89. The van der Waals surface area contributed by atoms with Crippen molar-refractivity contribution in [3.63, 3.8) is 0 Å². The van der Waals surface area contributed by atoms with Crippen LogP contribution in [-0.2, 0) is 19.6 Å². The maximum Gasteiger partial charge on any atom is 0.366 e. The van der Waals surface area contributed by atoms with Crippen molar-refractivity contribution < 1.29 is 19.6 Å². The maximum atomic E-state index is 5.11. The Bertz CT molecular complexity index is 163. The lowest BCUT2D eigenvalue weighted by Gasteiger charge is -2.06. The van der Waals surface area contributed by atoms with E-state index in [2.05, 4.69) is 0 Å². The third kappa shape index (κ3) is 4.07. The Morgan fingerprint density at radius 2 is 1.20 bits per heavy atom. The summed E-state index contributed by atoms with van der Waals surface area (Å²) in [4.78, 5) is 19.8. The molecule has 2 heterocycles. The Morgan fingerprint density at radius 1 is 0.600 bits per heavy atom. The average Bonchev–Trinajstić information content (AvgIpc) is 2.98. The van der Waals surface area contributed by atoms with Crippen molar-refractivity contribution in [2.24, 2.45) is 0 Å². The first kappa shape index (κ1) is 11.3.